The third kappa shape index (κ3) is 134. The van der Waals surface area contributed by atoms with Crippen LogP contribution in [-0.4, -0.2) is 39.6 Å². The van der Waals surface area contributed by atoms with Crippen molar-refractivity contribution >= 4 is 38.8 Å². The van der Waals surface area contributed by atoms with Crippen molar-refractivity contribution in [3.63, 3.8) is 0 Å². The van der Waals surface area contributed by atoms with Gasteiger partial charge in [-0.15, -0.1) is 0 Å². The zero-order chi connectivity index (χ0) is 17.8. The molecular formula is C12H30Cl4O3Zn2. The predicted molar refractivity (Wildman–Crippen MR) is 89.9 cm³/mol. The third-order valence-corrected chi connectivity index (χ3v) is 1.22. The van der Waals surface area contributed by atoms with Gasteiger partial charge in [0.15, 0.2) is 0 Å². The van der Waals surface area contributed by atoms with Crippen molar-refractivity contribution in [1.82, 2.24) is 0 Å². The molecule has 0 fully saturated rings. The Labute approximate surface area is 163 Å². The quantitative estimate of drug-likeness (QED) is 0.431. The average molecular weight is 495 g/mol. The molecule has 0 aliphatic carbocycles. The maximum absolute atomic E-state index is 4.95. The summed E-state index contributed by atoms with van der Waals surface area (Å²) in [4.78, 5) is 0. The zero-order valence-corrected chi connectivity index (χ0v) is 23.4. The van der Waals surface area contributed by atoms with Crippen LogP contribution in [0.1, 0.15) is 41.5 Å². The summed E-state index contributed by atoms with van der Waals surface area (Å²) in [6.45, 7) is 17.0. The fourth-order valence-electron chi connectivity index (χ4n) is 0.612. The van der Waals surface area contributed by atoms with E-state index in [0.717, 1.165) is 39.6 Å². The van der Waals surface area contributed by atoms with Crippen LogP contribution in [0.15, 0.2) is 0 Å². The van der Waals surface area contributed by atoms with Gasteiger partial charge in [-0.1, -0.05) is 0 Å². The summed E-state index contributed by atoms with van der Waals surface area (Å²) in [5.41, 5.74) is 0. The molecular weight excluding hydrogens is 465 g/mol. The minimum absolute atomic E-state index is 0.844. The molecule has 9 heteroatoms. The molecule has 0 radical (unpaired) electrons. The van der Waals surface area contributed by atoms with Crippen LogP contribution in [0.2, 0.25) is 0 Å². The molecule has 0 aromatic carbocycles. The summed E-state index contributed by atoms with van der Waals surface area (Å²) in [5.74, 6) is 0. The fourth-order valence-corrected chi connectivity index (χ4v) is 0.612. The van der Waals surface area contributed by atoms with Crippen LogP contribution < -0.4 is 0 Å². The van der Waals surface area contributed by atoms with Gasteiger partial charge < -0.3 is 14.2 Å². The monoisotopic (exact) mass is 490 g/mol. The van der Waals surface area contributed by atoms with E-state index in [2.05, 4.69) is 0 Å². The normalized spacial score (nSPS) is 6.95. The van der Waals surface area contributed by atoms with Crippen LogP contribution >= 0.6 is 38.8 Å². The standard InChI is InChI=1S/3C4H10O.4ClH.2Zn/c3*1-3-5-4-2;;;;;;/h3*3-4H2,1-2H3;4*1H;;/q;;;;;;;2*+2/p-4. The molecule has 0 aliphatic rings. The number of halogens is 4. The maximum atomic E-state index is 4.95. The third-order valence-electron chi connectivity index (χ3n) is 1.22. The van der Waals surface area contributed by atoms with Gasteiger partial charge >= 0.3 is 69.1 Å². The summed E-state index contributed by atoms with van der Waals surface area (Å²) < 4.78 is 14.5. The summed E-state index contributed by atoms with van der Waals surface area (Å²) in [6.07, 6.45) is 0. The molecule has 0 rings (SSSR count). The molecule has 0 saturated heterocycles. The van der Waals surface area contributed by atoms with Crippen LogP contribution in [0.5, 0.6) is 0 Å². The van der Waals surface area contributed by atoms with E-state index in [4.69, 9.17) is 53.0 Å². The molecule has 21 heavy (non-hydrogen) atoms. The molecule has 0 saturated carbocycles. The summed E-state index contributed by atoms with van der Waals surface area (Å²) in [7, 11) is 19.8. The van der Waals surface area contributed by atoms with Crippen molar-refractivity contribution in [3.05, 3.63) is 0 Å². The van der Waals surface area contributed by atoms with Gasteiger partial charge in [0, 0.05) is 39.6 Å². The number of hydrogen-bond acceptors (Lipinski definition) is 3. The van der Waals surface area contributed by atoms with Gasteiger partial charge in [0.1, 0.15) is 0 Å². The first-order chi connectivity index (χ1) is 10.1. The molecule has 3 nitrogen and oxygen atoms in total. The van der Waals surface area contributed by atoms with Crippen LogP contribution in [0.3, 0.4) is 0 Å². The molecule has 0 heterocycles. The molecule has 0 aliphatic heterocycles. The predicted octanol–water partition coefficient (Wildman–Crippen LogP) is 5.88. The van der Waals surface area contributed by atoms with Crippen LogP contribution in [0.25, 0.3) is 0 Å². The van der Waals surface area contributed by atoms with Crippen molar-refractivity contribution in [2.45, 2.75) is 41.5 Å². The molecule has 0 atom stereocenters. The Balaban J connectivity index is -0.0000000519. The Kier molecular flexibility index (Phi) is 94.2. The number of ether oxygens (including phenoxy) is 3. The summed E-state index contributed by atoms with van der Waals surface area (Å²) in [6, 6.07) is 0. The van der Waals surface area contributed by atoms with Gasteiger partial charge in [-0.2, -0.15) is 0 Å². The van der Waals surface area contributed by atoms with Crippen molar-refractivity contribution in [2.24, 2.45) is 0 Å². The van der Waals surface area contributed by atoms with Crippen molar-refractivity contribution in [3.8, 4) is 0 Å². The van der Waals surface area contributed by atoms with Crippen LogP contribution in [-0.2, 0) is 44.5 Å². The minimum atomic E-state index is -0.931. The summed E-state index contributed by atoms with van der Waals surface area (Å²) >= 11 is -1.86. The Morgan fingerprint density at radius 3 is 0.571 bits per heavy atom. The molecule has 0 amide bonds. The van der Waals surface area contributed by atoms with Gasteiger partial charge in [0.25, 0.3) is 0 Å². The molecule has 128 valence electrons. The number of rotatable bonds is 6. The summed E-state index contributed by atoms with van der Waals surface area (Å²) in [5, 5.41) is 0. The topological polar surface area (TPSA) is 27.7 Å². The van der Waals surface area contributed by atoms with E-state index in [1.165, 1.54) is 0 Å². The van der Waals surface area contributed by atoms with Gasteiger partial charge in [-0.05, 0) is 41.5 Å². The SMILES string of the molecule is CCOCC.CCOCC.CCOCC.[Cl][Zn][Cl].[Cl][Zn][Cl]. The van der Waals surface area contributed by atoms with Crippen LogP contribution in [0.4, 0.5) is 0 Å². The van der Waals surface area contributed by atoms with Crippen molar-refractivity contribution in [2.75, 3.05) is 39.6 Å². The van der Waals surface area contributed by atoms with E-state index in [0.29, 0.717) is 0 Å². The Morgan fingerprint density at radius 1 is 0.476 bits per heavy atom. The van der Waals surface area contributed by atoms with E-state index in [-0.39, 0.29) is 0 Å². The second-order valence-electron chi connectivity index (χ2n) is 2.55. The zero-order valence-electron chi connectivity index (χ0n) is 14.4. The van der Waals surface area contributed by atoms with Crippen molar-refractivity contribution in [1.29, 1.82) is 0 Å². The Morgan fingerprint density at radius 2 is 0.571 bits per heavy atom. The molecule has 0 aromatic heterocycles. The first-order valence-corrected chi connectivity index (χ1v) is 22.6. The van der Waals surface area contributed by atoms with E-state index in [9.17, 15) is 0 Å². The molecule has 0 bridgehead atoms. The molecule has 0 spiro atoms. The van der Waals surface area contributed by atoms with Gasteiger partial charge in [-0.3, -0.25) is 0 Å². The molecule has 0 unspecified atom stereocenters. The Bertz CT molecular complexity index is 88.3. The van der Waals surface area contributed by atoms with Gasteiger partial charge in [0.05, 0.1) is 0 Å². The Hall–Kier alpha value is 2.29. The first kappa shape index (κ1) is 34.6. The average Bonchev–Trinajstić information content (AvgIpc) is 2.44. The second kappa shape index (κ2) is 57.2. The van der Waals surface area contributed by atoms with Crippen molar-refractivity contribution < 1.29 is 44.5 Å². The first-order valence-electron chi connectivity index (χ1n) is 7.04. The number of hydrogen-bond donors (Lipinski definition) is 0. The van der Waals surface area contributed by atoms with E-state index >= 15 is 0 Å². The second-order valence-corrected chi connectivity index (χ2v) is 11.8. The van der Waals surface area contributed by atoms with E-state index in [1.54, 1.807) is 0 Å². The van der Waals surface area contributed by atoms with Gasteiger partial charge in [0.2, 0.25) is 0 Å². The van der Waals surface area contributed by atoms with Gasteiger partial charge in [-0.25, -0.2) is 0 Å². The fraction of sp³-hybridized carbons (Fsp3) is 1.00. The van der Waals surface area contributed by atoms with E-state index < -0.39 is 30.3 Å². The van der Waals surface area contributed by atoms with E-state index in [1.807, 2.05) is 41.5 Å². The van der Waals surface area contributed by atoms with Crippen LogP contribution in [0, 0.1) is 0 Å². The molecule has 0 aromatic rings. The molecule has 0 N–H and O–H groups in total.